The van der Waals surface area contributed by atoms with Crippen molar-refractivity contribution >= 4 is 24.0 Å². The van der Waals surface area contributed by atoms with E-state index in [1.807, 2.05) is 18.2 Å². The van der Waals surface area contributed by atoms with E-state index < -0.39 is 0 Å². The number of hydrogen-bond acceptors (Lipinski definition) is 3. The SMILES string of the molecule is COc1cc(Cl)cc(COCC2(c3ccccc3)CCNCC2)c1.Cl. The summed E-state index contributed by atoms with van der Waals surface area (Å²) in [5.41, 5.74) is 2.50. The van der Waals surface area contributed by atoms with Crippen LogP contribution in [0.25, 0.3) is 0 Å². The fraction of sp³-hybridized carbons (Fsp3) is 0.400. The number of halogens is 2. The number of methoxy groups -OCH3 is 1. The van der Waals surface area contributed by atoms with Crippen LogP contribution in [0.1, 0.15) is 24.0 Å². The molecule has 1 N–H and O–H groups in total. The monoisotopic (exact) mass is 381 g/mol. The van der Waals surface area contributed by atoms with Gasteiger partial charge in [-0.15, -0.1) is 12.4 Å². The van der Waals surface area contributed by atoms with Crippen LogP contribution < -0.4 is 10.1 Å². The molecule has 0 unspecified atom stereocenters. The normalized spacial score (nSPS) is 16.1. The van der Waals surface area contributed by atoms with Crippen LogP contribution in [0.3, 0.4) is 0 Å². The Kier molecular flexibility index (Phi) is 7.57. The first-order valence-electron chi connectivity index (χ1n) is 8.39. The molecule has 0 atom stereocenters. The molecule has 0 bridgehead atoms. The Morgan fingerprint density at radius 1 is 1.08 bits per heavy atom. The van der Waals surface area contributed by atoms with Gasteiger partial charge in [-0.3, -0.25) is 0 Å². The summed E-state index contributed by atoms with van der Waals surface area (Å²) in [6, 6.07) is 16.4. The molecule has 2 aromatic rings. The van der Waals surface area contributed by atoms with Crippen LogP contribution in [0.4, 0.5) is 0 Å². The zero-order valence-corrected chi connectivity index (χ0v) is 16.0. The lowest BCUT2D eigenvalue weighted by Gasteiger charge is -2.38. The van der Waals surface area contributed by atoms with Crippen molar-refractivity contribution in [3.63, 3.8) is 0 Å². The summed E-state index contributed by atoms with van der Waals surface area (Å²) in [4.78, 5) is 0. The summed E-state index contributed by atoms with van der Waals surface area (Å²) >= 11 is 6.14. The number of benzene rings is 2. The standard InChI is InChI=1S/C20H24ClNO2.ClH/c1-23-19-12-16(11-18(21)13-19)14-24-15-20(7-9-22-10-8-20)17-5-3-2-4-6-17;/h2-6,11-13,22H,7-10,14-15H2,1H3;1H. The highest BCUT2D eigenvalue weighted by atomic mass is 35.5. The van der Waals surface area contributed by atoms with Crippen molar-refractivity contribution in [1.29, 1.82) is 0 Å². The van der Waals surface area contributed by atoms with Gasteiger partial charge in [0.1, 0.15) is 5.75 Å². The molecule has 1 aliphatic rings. The summed E-state index contributed by atoms with van der Waals surface area (Å²) in [5, 5.41) is 4.12. The number of ether oxygens (including phenoxy) is 2. The van der Waals surface area contributed by atoms with Crippen molar-refractivity contribution in [2.45, 2.75) is 24.9 Å². The third kappa shape index (κ3) is 5.11. The molecule has 1 aliphatic heterocycles. The average molecular weight is 382 g/mol. The van der Waals surface area contributed by atoms with Crippen LogP contribution in [-0.4, -0.2) is 26.8 Å². The highest BCUT2D eigenvalue weighted by molar-refractivity contribution is 6.30. The highest BCUT2D eigenvalue weighted by Gasteiger charge is 2.34. The lowest BCUT2D eigenvalue weighted by molar-refractivity contribution is 0.0564. The van der Waals surface area contributed by atoms with Crippen molar-refractivity contribution in [3.05, 3.63) is 64.7 Å². The molecule has 136 valence electrons. The van der Waals surface area contributed by atoms with Gasteiger partial charge in [-0.25, -0.2) is 0 Å². The first kappa shape index (κ1) is 20.1. The van der Waals surface area contributed by atoms with E-state index in [0.29, 0.717) is 18.2 Å². The second kappa shape index (κ2) is 9.44. The molecule has 1 heterocycles. The van der Waals surface area contributed by atoms with Gasteiger partial charge in [-0.05, 0) is 55.3 Å². The fourth-order valence-electron chi connectivity index (χ4n) is 3.40. The summed E-state index contributed by atoms with van der Waals surface area (Å²) < 4.78 is 11.4. The number of nitrogens with one attached hydrogen (secondary N) is 1. The van der Waals surface area contributed by atoms with Crippen molar-refractivity contribution in [1.82, 2.24) is 5.32 Å². The van der Waals surface area contributed by atoms with Gasteiger partial charge in [0.05, 0.1) is 20.3 Å². The first-order chi connectivity index (χ1) is 11.7. The van der Waals surface area contributed by atoms with Gasteiger partial charge in [0.25, 0.3) is 0 Å². The molecule has 2 aromatic carbocycles. The second-order valence-electron chi connectivity index (χ2n) is 6.39. The van der Waals surface area contributed by atoms with E-state index in [4.69, 9.17) is 21.1 Å². The topological polar surface area (TPSA) is 30.5 Å². The van der Waals surface area contributed by atoms with Gasteiger partial charge in [-0.1, -0.05) is 41.9 Å². The molecule has 3 rings (SSSR count). The van der Waals surface area contributed by atoms with Gasteiger partial charge >= 0.3 is 0 Å². The van der Waals surface area contributed by atoms with Crippen LogP contribution in [-0.2, 0) is 16.8 Å². The maximum Gasteiger partial charge on any atom is 0.120 e. The van der Waals surface area contributed by atoms with Gasteiger partial charge < -0.3 is 14.8 Å². The minimum absolute atomic E-state index is 0. The summed E-state index contributed by atoms with van der Waals surface area (Å²) in [5.74, 6) is 0.765. The van der Waals surface area contributed by atoms with E-state index in [1.54, 1.807) is 7.11 Å². The smallest absolute Gasteiger partial charge is 0.120 e. The number of hydrogen-bond donors (Lipinski definition) is 1. The predicted octanol–water partition coefficient (Wildman–Crippen LogP) is 4.61. The second-order valence-corrected chi connectivity index (χ2v) is 6.82. The molecule has 0 amide bonds. The third-order valence-corrected chi connectivity index (χ3v) is 4.98. The molecular formula is C20H25Cl2NO2. The number of rotatable bonds is 6. The van der Waals surface area contributed by atoms with Crippen molar-refractivity contribution in [2.24, 2.45) is 0 Å². The molecule has 1 saturated heterocycles. The Hall–Kier alpha value is -1.26. The molecule has 25 heavy (non-hydrogen) atoms. The summed E-state index contributed by atoms with van der Waals surface area (Å²) in [7, 11) is 1.65. The largest absolute Gasteiger partial charge is 0.497 e. The van der Waals surface area contributed by atoms with Gasteiger partial charge in [0.15, 0.2) is 0 Å². The van der Waals surface area contributed by atoms with Gasteiger partial charge in [0, 0.05) is 10.4 Å². The fourth-order valence-corrected chi connectivity index (χ4v) is 3.65. The molecule has 0 saturated carbocycles. The lowest BCUT2D eigenvalue weighted by atomic mass is 9.74. The third-order valence-electron chi connectivity index (χ3n) is 4.76. The van der Waals surface area contributed by atoms with E-state index in [2.05, 4.69) is 35.6 Å². The molecule has 5 heteroatoms. The highest BCUT2D eigenvalue weighted by Crippen LogP contribution is 2.34. The summed E-state index contributed by atoms with van der Waals surface area (Å²) in [6.07, 6.45) is 2.19. The maximum atomic E-state index is 6.14. The van der Waals surface area contributed by atoms with Crippen LogP contribution >= 0.6 is 24.0 Å². The lowest BCUT2D eigenvalue weighted by Crippen LogP contribution is -2.43. The average Bonchev–Trinajstić information content (AvgIpc) is 2.63. The van der Waals surface area contributed by atoms with E-state index in [9.17, 15) is 0 Å². The van der Waals surface area contributed by atoms with E-state index in [0.717, 1.165) is 37.2 Å². The Morgan fingerprint density at radius 2 is 1.80 bits per heavy atom. The first-order valence-corrected chi connectivity index (χ1v) is 8.77. The molecule has 3 nitrogen and oxygen atoms in total. The Bertz CT molecular complexity index is 658. The zero-order chi connectivity index (χ0) is 16.8. The van der Waals surface area contributed by atoms with Crippen LogP contribution in [0, 0.1) is 0 Å². The Morgan fingerprint density at radius 3 is 2.48 bits per heavy atom. The molecule has 1 fully saturated rings. The number of piperidine rings is 1. The molecule has 0 radical (unpaired) electrons. The molecule has 0 spiro atoms. The van der Waals surface area contributed by atoms with Gasteiger partial charge in [0.2, 0.25) is 0 Å². The van der Waals surface area contributed by atoms with Crippen molar-refractivity contribution < 1.29 is 9.47 Å². The minimum Gasteiger partial charge on any atom is -0.497 e. The molecular weight excluding hydrogens is 357 g/mol. The van der Waals surface area contributed by atoms with E-state index in [-0.39, 0.29) is 17.8 Å². The Labute approximate surface area is 161 Å². The van der Waals surface area contributed by atoms with Crippen LogP contribution in [0.2, 0.25) is 5.02 Å². The van der Waals surface area contributed by atoms with Gasteiger partial charge in [-0.2, -0.15) is 0 Å². The molecule has 0 aliphatic carbocycles. The van der Waals surface area contributed by atoms with Crippen LogP contribution in [0.15, 0.2) is 48.5 Å². The van der Waals surface area contributed by atoms with Crippen molar-refractivity contribution in [2.75, 3.05) is 26.8 Å². The van der Waals surface area contributed by atoms with E-state index >= 15 is 0 Å². The quantitative estimate of drug-likeness (QED) is 0.792. The summed E-state index contributed by atoms with van der Waals surface area (Å²) in [6.45, 7) is 3.32. The zero-order valence-electron chi connectivity index (χ0n) is 14.5. The molecule has 0 aromatic heterocycles. The Balaban J connectivity index is 0.00000225. The minimum atomic E-state index is 0. The maximum absolute atomic E-state index is 6.14. The van der Waals surface area contributed by atoms with Crippen molar-refractivity contribution in [3.8, 4) is 5.75 Å². The van der Waals surface area contributed by atoms with Crippen LogP contribution in [0.5, 0.6) is 5.75 Å². The van der Waals surface area contributed by atoms with E-state index in [1.165, 1.54) is 5.56 Å². The predicted molar refractivity (Wildman–Crippen MR) is 105 cm³/mol.